The van der Waals surface area contributed by atoms with E-state index in [1.54, 1.807) is 20.9 Å². The van der Waals surface area contributed by atoms with Crippen LogP contribution in [0.5, 0.6) is 0 Å². The predicted molar refractivity (Wildman–Crippen MR) is 62.0 cm³/mol. The lowest BCUT2D eigenvalue weighted by Gasteiger charge is -2.16. The van der Waals surface area contributed by atoms with Crippen molar-refractivity contribution in [2.24, 2.45) is 0 Å². The second-order valence-electron chi connectivity index (χ2n) is 3.76. The zero-order valence-electron chi connectivity index (χ0n) is 10.5. The number of hydrogen-bond acceptors (Lipinski definition) is 4. The summed E-state index contributed by atoms with van der Waals surface area (Å²) in [5.41, 5.74) is 0. The van der Waals surface area contributed by atoms with E-state index in [4.69, 9.17) is 4.74 Å². The van der Waals surface area contributed by atoms with Gasteiger partial charge in [0, 0.05) is 0 Å². The molecule has 0 spiro atoms. The van der Waals surface area contributed by atoms with Crippen LogP contribution in [0.2, 0.25) is 0 Å². The Labute approximate surface area is 96.9 Å². The molecule has 0 rings (SSSR count). The molecule has 5 heteroatoms. The fourth-order valence-corrected chi connectivity index (χ4v) is 0.971. The first-order valence-electron chi connectivity index (χ1n) is 5.67. The zero-order valence-corrected chi connectivity index (χ0v) is 10.5. The average molecular weight is 230 g/mol. The van der Waals surface area contributed by atoms with Gasteiger partial charge in [-0.1, -0.05) is 13.3 Å². The summed E-state index contributed by atoms with van der Waals surface area (Å²) >= 11 is 0. The second kappa shape index (κ2) is 8.10. The number of amides is 1. The molecule has 0 unspecified atom stereocenters. The molecule has 2 atom stereocenters. The third kappa shape index (κ3) is 5.70. The maximum absolute atomic E-state index is 11.4. The van der Waals surface area contributed by atoms with Gasteiger partial charge in [0.15, 0.2) is 0 Å². The normalized spacial score (nSPS) is 14.0. The zero-order chi connectivity index (χ0) is 12.6. The predicted octanol–water partition coefficient (Wildman–Crippen LogP) is 0.442. The Bertz CT molecular complexity index is 231. The molecule has 0 bridgehead atoms. The van der Waals surface area contributed by atoms with E-state index in [0.29, 0.717) is 6.61 Å². The summed E-state index contributed by atoms with van der Waals surface area (Å²) in [6, 6.07) is -0.911. The molecule has 0 aliphatic carbocycles. The number of likely N-dealkylation sites (N-methyl/N-ethyl adjacent to an activating group) is 1. The number of carbonyl (C=O) groups is 2. The van der Waals surface area contributed by atoms with Crippen molar-refractivity contribution in [3.63, 3.8) is 0 Å². The summed E-state index contributed by atoms with van der Waals surface area (Å²) in [6.45, 7) is 5.78. The molecule has 5 nitrogen and oxygen atoms in total. The third-order valence-corrected chi connectivity index (χ3v) is 2.28. The Morgan fingerprint density at radius 3 is 2.38 bits per heavy atom. The van der Waals surface area contributed by atoms with E-state index in [0.717, 1.165) is 12.8 Å². The number of nitrogens with one attached hydrogen (secondary N) is 2. The largest absolute Gasteiger partial charge is 0.464 e. The molecule has 0 fully saturated rings. The molecular formula is C11H22N2O3. The van der Waals surface area contributed by atoms with Gasteiger partial charge in [-0.2, -0.15) is 0 Å². The van der Waals surface area contributed by atoms with Crippen molar-refractivity contribution in [2.75, 3.05) is 13.7 Å². The summed E-state index contributed by atoms with van der Waals surface area (Å²) < 4.78 is 4.98. The van der Waals surface area contributed by atoms with E-state index >= 15 is 0 Å². The Morgan fingerprint density at radius 1 is 1.25 bits per heavy atom. The molecule has 0 aromatic carbocycles. The number of rotatable bonds is 7. The SMILES string of the molecule is CCCCOC(=O)[C@@H](C)NC(=O)[C@@H](C)NC. The highest BCUT2D eigenvalue weighted by Gasteiger charge is 2.19. The third-order valence-electron chi connectivity index (χ3n) is 2.28. The molecule has 0 heterocycles. The van der Waals surface area contributed by atoms with Crippen molar-refractivity contribution in [1.29, 1.82) is 0 Å². The van der Waals surface area contributed by atoms with Crippen molar-refractivity contribution < 1.29 is 14.3 Å². The van der Waals surface area contributed by atoms with Crippen LogP contribution in [-0.4, -0.2) is 37.6 Å². The summed E-state index contributed by atoms with van der Waals surface area (Å²) in [5.74, 6) is -0.590. The van der Waals surface area contributed by atoms with Gasteiger partial charge in [-0.3, -0.25) is 4.79 Å². The van der Waals surface area contributed by atoms with Crippen LogP contribution in [-0.2, 0) is 14.3 Å². The minimum absolute atomic E-state index is 0.206. The maximum Gasteiger partial charge on any atom is 0.328 e. The van der Waals surface area contributed by atoms with Crippen molar-refractivity contribution in [1.82, 2.24) is 10.6 Å². The van der Waals surface area contributed by atoms with Gasteiger partial charge >= 0.3 is 5.97 Å². The van der Waals surface area contributed by atoms with Crippen LogP contribution in [0.3, 0.4) is 0 Å². The van der Waals surface area contributed by atoms with Gasteiger partial charge in [0.1, 0.15) is 6.04 Å². The van der Waals surface area contributed by atoms with Crippen LogP contribution in [0.1, 0.15) is 33.6 Å². The highest BCUT2D eigenvalue weighted by Crippen LogP contribution is 1.93. The Kier molecular flexibility index (Phi) is 7.54. The lowest BCUT2D eigenvalue weighted by atomic mass is 10.2. The van der Waals surface area contributed by atoms with Gasteiger partial charge in [-0.05, 0) is 27.3 Å². The standard InChI is InChI=1S/C11H22N2O3/c1-5-6-7-16-11(15)9(3)13-10(14)8(2)12-4/h8-9,12H,5-7H2,1-4H3,(H,13,14)/t8-,9-/m1/s1. The first-order valence-corrected chi connectivity index (χ1v) is 5.67. The summed E-state index contributed by atoms with van der Waals surface area (Å²) in [4.78, 5) is 22.8. The Morgan fingerprint density at radius 2 is 1.88 bits per heavy atom. The first-order chi connectivity index (χ1) is 7.52. The molecule has 0 aliphatic heterocycles. The minimum Gasteiger partial charge on any atom is -0.464 e. The van der Waals surface area contributed by atoms with Gasteiger partial charge in [0.25, 0.3) is 0 Å². The highest BCUT2D eigenvalue weighted by molar-refractivity contribution is 5.86. The maximum atomic E-state index is 11.4. The highest BCUT2D eigenvalue weighted by atomic mass is 16.5. The van der Waals surface area contributed by atoms with Crippen molar-refractivity contribution >= 4 is 11.9 Å². The minimum atomic E-state index is -0.597. The number of carbonyl (C=O) groups excluding carboxylic acids is 2. The smallest absolute Gasteiger partial charge is 0.328 e. The molecule has 0 aromatic rings. The van der Waals surface area contributed by atoms with Crippen LogP contribution >= 0.6 is 0 Å². The van der Waals surface area contributed by atoms with Crippen LogP contribution in [0.25, 0.3) is 0 Å². The van der Waals surface area contributed by atoms with Crippen molar-refractivity contribution in [2.45, 2.75) is 45.7 Å². The molecule has 16 heavy (non-hydrogen) atoms. The van der Waals surface area contributed by atoms with Gasteiger partial charge < -0.3 is 15.4 Å². The number of unbranched alkanes of at least 4 members (excludes halogenated alkanes) is 1. The number of esters is 1. The lowest BCUT2D eigenvalue weighted by molar-refractivity contribution is -0.147. The number of ether oxygens (including phenoxy) is 1. The molecule has 0 saturated carbocycles. The molecular weight excluding hydrogens is 208 g/mol. The fraction of sp³-hybridized carbons (Fsp3) is 0.818. The van der Waals surface area contributed by atoms with E-state index in [-0.39, 0.29) is 17.9 Å². The summed E-state index contributed by atoms with van der Waals surface area (Å²) in [5, 5.41) is 5.38. The Balaban J connectivity index is 3.91. The Hall–Kier alpha value is -1.10. The van der Waals surface area contributed by atoms with Gasteiger partial charge in [-0.25, -0.2) is 4.79 Å². The molecule has 1 amide bonds. The molecule has 0 aliphatic rings. The molecule has 0 aromatic heterocycles. The van der Waals surface area contributed by atoms with Crippen LogP contribution in [0.15, 0.2) is 0 Å². The van der Waals surface area contributed by atoms with E-state index in [1.807, 2.05) is 6.92 Å². The molecule has 0 saturated heterocycles. The van der Waals surface area contributed by atoms with Crippen LogP contribution < -0.4 is 10.6 Å². The van der Waals surface area contributed by atoms with Crippen LogP contribution in [0.4, 0.5) is 0 Å². The lowest BCUT2D eigenvalue weighted by Crippen LogP contribution is -2.47. The fourth-order valence-electron chi connectivity index (χ4n) is 0.971. The van der Waals surface area contributed by atoms with Gasteiger partial charge in [-0.15, -0.1) is 0 Å². The van der Waals surface area contributed by atoms with Crippen LogP contribution in [0, 0.1) is 0 Å². The quantitative estimate of drug-likeness (QED) is 0.492. The van der Waals surface area contributed by atoms with Gasteiger partial charge in [0.05, 0.1) is 12.6 Å². The first kappa shape index (κ1) is 14.9. The molecule has 2 N–H and O–H groups in total. The monoisotopic (exact) mass is 230 g/mol. The van der Waals surface area contributed by atoms with E-state index < -0.39 is 6.04 Å². The van der Waals surface area contributed by atoms with E-state index in [9.17, 15) is 9.59 Å². The average Bonchev–Trinajstić information content (AvgIpc) is 2.27. The topological polar surface area (TPSA) is 67.4 Å². The summed E-state index contributed by atoms with van der Waals surface area (Å²) in [7, 11) is 1.69. The molecule has 0 radical (unpaired) electrons. The molecule has 94 valence electrons. The number of hydrogen-bond donors (Lipinski definition) is 2. The van der Waals surface area contributed by atoms with E-state index in [1.165, 1.54) is 0 Å². The van der Waals surface area contributed by atoms with Crippen molar-refractivity contribution in [3.8, 4) is 0 Å². The van der Waals surface area contributed by atoms with E-state index in [2.05, 4.69) is 10.6 Å². The summed E-state index contributed by atoms with van der Waals surface area (Å²) in [6.07, 6.45) is 1.82. The van der Waals surface area contributed by atoms with Crippen molar-refractivity contribution in [3.05, 3.63) is 0 Å². The van der Waals surface area contributed by atoms with Gasteiger partial charge in [0.2, 0.25) is 5.91 Å². The second-order valence-corrected chi connectivity index (χ2v) is 3.76.